The minimum atomic E-state index is -0.0984. The molecular formula is C16H18N2O2. The molecule has 0 unspecified atom stereocenters. The van der Waals surface area contributed by atoms with E-state index in [0.29, 0.717) is 24.4 Å². The third-order valence-corrected chi connectivity index (χ3v) is 2.85. The Bertz CT molecular complexity index is 555. The molecule has 20 heavy (non-hydrogen) atoms. The lowest BCUT2D eigenvalue weighted by Crippen LogP contribution is -2.28. The summed E-state index contributed by atoms with van der Waals surface area (Å²) in [6, 6.07) is 17.0. The maximum Gasteiger partial charge on any atom is 0.251 e. The lowest BCUT2D eigenvalue weighted by atomic mass is 10.2. The van der Waals surface area contributed by atoms with E-state index in [1.165, 1.54) is 0 Å². The van der Waals surface area contributed by atoms with Gasteiger partial charge in [0.05, 0.1) is 7.11 Å². The van der Waals surface area contributed by atoms with Crippen molar-refractivity contribution >= 4 is 11.6 Å². The van der Waals surface area contributed by atoms with Crippen LogP contribution in [0.1, 0.15) is 10.4 Å². The zero-order valence-electron chi connectivity index (χ0n) is 11.4. The molecule has 4 heteroatoms. The molecule has 0 bridgehead atoms. The predicted molar refractivity (Wildman–Crippen MR) is 80.3 cm³/mol. The molecule has 0 heterocycles. The fraction of sp³-hybridized carbons (Fsp3) is 0.188. The van der Waals surface area contributed by atoms with Crippen molar-refractivity contribution in [2.24, 2.45) is 0 Å². The number of hydrogen-bond donors (Lipinski definition) is 2. The molecule has 1 amide bonds. The summed E-state index contributed by atoms with van der Waals surface area (Å²) in [6.07, 6.45) is 0. The van der Waals surface area contributed by atoms with Gasteiger partial charge in [-0.1, -0.05) is 24.3 Å². The van der Waals surface area contributed by atoms with Crippen LogP contribution in [0.25, 0.3) is 0 Å². The fourth-order valence-electron chi connectivity index (χ4n) is 1.81. The van der Waals surface area contributed by atoms with E-state index in [0.717, 1.165) is 5.69 Å². The second-order valence-corrected chi connectivity index (χ2v) is 4.28. The zero-order valence-corrected chi connectivity index (χ0v) is 11.4. The number of hydrogen-bond acceptors (Lipinski definition) is 3. The smallest absolute Gasteiger partial charge is 0.251 e. The molecule has 0 aromatic heterocycles. The summed E-state index contributed by atoms with van der Waals surface area (Å²) in [7, 11) is 1.58. The first kappa shape index (κ1) is 13.9. The Balaban J connectivity index is 1.77. The summed E-state index contributed by atoms with van der Waals surface area (Å²) in [6.45, 7) is 1.24. The number of para-hydroxylation sites is 1. The van der Waals surface area contributed by atoms with Crippen LogP contribution in [0.15, 0.2) is 54.6 Å². The average molecular weight is 270 g/mol. The number of methoxy groups -OCH3 is 1. The maximum absolute atomic E-state index is 11.9. The van der Waals surface area contributed by atoms with E-state index in [1.807, 2.05) is 36.4 Å². The van der Waals surface area contributed by atoms with Crippen LogP contribution in [0.3, 0.4) is 0 Å². The van der Waals surface area contributed by atoms with Gasteiger partial charge in [-0.3, -0.25) is 4.79 Å². The Morgan fingerprint density at radius 1 is 1.05 bits per heavy atom. The molecule has 0 radical (unpaired) electrons. The number of rotatable bonds is 6. The van der Waals surface area contributed by atoms with Crippen LogP contribution in [-0.4, -0.2) is 26.1 Å². The topological polar surface area (TPSA) is 50.4 Å². The van der Waals surface area contributed by atoms with Crippen molar-refractivity contribution < 1.29 is 9.53 Å². The van der Waals surface area contributed by atoms with Gasteiger partial charge in [0, 0.05) is 24.3 Å². The van der Waals surface area contributed by atoms with Crippen LogP contribution in [0.5, 0.6) is 5.75 Å². The minimum Gasteiger partial charge on any atom is -0.497 e. The number of amides is 1. The van der Waals surface area contributed by atoms with Crippen LogP contribution in [0.4, 0.5) is 5.69 Å². The first-order valence-corrected chi connectivity index (χ1v) is 6.51. The van der Waals surface area contributed by atoms with E-state index >= 15 is 0 Å². The lowest BCUT2D eigenvalue weighted by molar-refractivity contribution is 0.0955. The van der Waals surface area contributed by atoms with Crippen molar-refractivity contribution in [3.05, 3.63) is 60.2 Å². The second kappa shape index (κ2) is 7.19. The molecule has 0 saturated heterocycles. The summed E-state index contributed by atoms with van der Waals surface area (Å²) in [5, 5.41) is 6.10. The average Bonchev–Trinajstić information content (AvgIpc) is 2.52. The highest BCUT2D eigenvalue weighted by Crippen LogP contribution is 2.12. The highest BCUT2D eigenvalue weighted by atomic mass is 16.5. The number of carbonyl (C=O) groups is 1. The van der Waals surface area contributed by atoms with Crippen LogP contribution < -0.4 is 15.4 Å². The number of carbonyl (C=O) groups excluding carboxylic acids is 1. The monoisotopic (exact) mass is 270 g/mol. The van der Waals surface area contributed by atoms with Crippen molar-refractivity contribution in [3.63, 3.8) is 0 Å². The van der Waals surface area contributed by atoms with E-state index in [2.05, 4.69) is 10.6 Å². The SMILES string of the molecule is COc1cccc(C(=O)NCCNc2ccccc2)c1. The molecule has 0 aliphatic heterocycles. The van der Waals surface area contributed by atoms with Gasteiger partial charge in [-0.2, -0.15) is 0 Å². The number of benzene rings is 2. The maximum atomic E-state index is 11.9. The highest BCUT2D eigenvalue weighted by Gasteiger charge is 2.05. The van der Waals surface area contributed by atoms with Crippen LogP contribution in [-0.2, 0) is 0 Å². The van der Waals surface area contributed by atoms with Crippen LogP contribution in [0.2, 0.25) is 0 Å². The number of anilines is 1. The van der Waals surface area contributed by atoms with Gasteiger partial charge in [0.15, 0.2) is 0 Å². The quantitative estimate of drug-likeness (QED) is 0.793. The van der Waals surface area contributed by atoms with Gasteiger partial charge >= 0.3 is 0 Å². The van der Waals surface area contributed by atoms with Crippen molar-refractivity contribution in [1.29, 1.82) is 0 Å². The van der Waals surface area contributed by atoms with Crippen molar-refractivity contribution in [2.75, 3.05) is 25.5 Å². The van der Waals surface area contributed by atoms with Gasteiger partial charge in [-0.25, -0.2) is 0 Å². The van der Waals surface area contributed by atoms with E-state index < -0.39 is 0 Å². The molecule has 2 rings (SSSR count). The predicted octanol–water partition coefficient (Wildman–Crippen LogP) is 2.54. The van der Waals surface area contributed by atoms with Crippen LogP contribution >= 0.6 is 0 Å². The van der Waals surface area contributed by atoms with E-state index in [1.54, 1.807) is 25.3 Å². The Kier molecular flexibility index (Phi) is 5.00. The largest absolute Gasteiger partial charge is 0.497 e. The summed E-state index contributed by atoms with van der Waals surface area (Å²) < 4.78 is 5.10. The van der Waals surface area contributed by atoms with Gasteiger partial charge in [0.25, 0.3) is 5.91 Å². The minimum absolute atomic E-state index is 0.0984. The summed E-state index contributed by atoms with van der Waals surface area (Å²) >= 11 is 0. The van der Waals surface area contributed by atoms with Gasteiger partial charge in [0.2, 0.25) is 0 Å². The Labute approximate surface area is 118 Å². The Morgan fingerprint density at radius 3 is 2.60 bits per heavy atom. The molecule has 4 nitrogen and oxygen atoms in total. The molecule has 2 aromatic carbocycles. The molecule has 0 atom stereocenters. The van der Waals surface area contributed by atoms with E-state index in [9.17, 15) is 4.79 Å². The first-order valence-electron chi connectivity index (χ1n) is 6.51. The summed E-state index contributed by atoms with van der Waals surface area (Å²) in [5.74, 6) is 0.582. The Morgan fingerprint density at radius 2 is 1.85 bits per heavy atom. The summed E-state index contributed by atoms with van der Waals surface area (Å²) in [4.78, 5) is 11.9. The molecule has 2 N–H and O–H groups in total. The lowest BCUT2D eigenvalue weighted by Gasteiger charge is -2.08. The first-order chi connectivity index (χ1) is 9.79. The standard InChI is InChI=1S/C16H18N2O2/c1-20-15-9-5-6-13(12-15)16(19)18-11-10-17-14-7-3-2-4-8-14/h2-9,12,17H,10-11H2,1H3,(H,18,19). The number of nitrogens with one attached hydrogen (secondary N) is 2. The number of ether oxygens (including phenoxy) is 1. The van der Waals surface area contributed by atoms with E-state index in [4.69, 9.17) is 4.74 Å². The van der Waals surface area contributed by atoms with Crippen molar-refractivity contribution in [2.45, 2.75) is 0 Å². The molecule has 0 saturated carbocycles. The fourth-order valence-corrected chi connectivity index (χ4v) is 1.81. The van der Waals surface area contributed by atoms with Gasteiger partial charge < -0.3 is 15.4 Å². The molecular weight excluding hydrogens is 252 g/mol. The molecule has 0 aliphatic carbocycles. The van der Waals surface area contributed by atoms with E-state index in [-0.39, 0.29) is 5.91 Å². The van der Waals surface area contributed by atoms with Gasteiger partial charge in [-0.05, 0) is 30.3 Å². The second-order valence-electron chi connectivity index (χ2n) is 4.28. The molecule has 0 fully saturated rings. The third kappa shape index (κ3) is 4.02. The Hall–Kier alpha value is -2.49. The van der Waals surface area contributed by atoms with Gasteiger partial charge in [-0.15, -0.1) is 0 Å². The molecule has 0 spiro atoms. The zero-order chi connectivity index (χ0) is 14.2. The van der Waals surface area contributed by atoms with Crippen molar-refractivity contribution in [1.82, 2.24) is 5.32 Å². The molecule has 0 aliphatic rings. The molecule has 2 aromatic rings. The summed E-state index contributed by atoms with van der Waals surface area (Å²) in [5.41, 5.74) is 1.65. The van der Waals surface area contributed by atoms with Crippen LogP contribution in [0, 0.1) is 0 Å². The van der Waals surface area contributed by atoms with Gasteiger partial charge in [0.1, 0.15) is 5.75 Å². The highest BCUT2D eigenvalue weighted by molar-refractivity contribution is 5.94. The normalized spacial score (nSPS) is 9.85. The van der Waals surface area contributed by atoms with Crippen molar-refractivity contribution in [3.8, 4) is 5.75 Å². The third-order valence-electron chi connectivity index (χ3n) is 2.85. The molecule has 104 valence electrons.